The van der Waals surface area contributed by atoms with Gasteiger partial charge in [0.05, 0.1) is 12.2 Å². The summed E-state index contributed by atoms with van der Waals surface area (Å²) in [6.07, 6.45) is -9.68. The van der Waals surface area contributed by atoms with Crippen LogP contribution in [0.3, 0.4) is 0 Å². The number of esters is 1. The Bertz CT molecular complexity index is 1820. The van der Waals surface area contributed by atoms with Crippen molar-refractivity contribution in [1.82, 2.24) is 0 Å². The third kappa shape index (κ3) is 5.47. The van der Waals surface area contributed by atoms with E-state index >= 15 is 0 Å². The van der Waals surface area contributed by atoms with Crippen LogP contribution in [0.15, 0.2) is 45.6 Å². The second-order valence-corrected chi connectivity index (χ2v) is 9.85. The molecule has 1 fully saturated rings. The summed E-state index contributed by atoms with van der Waals surface area (Å²) >= 11 is 0. The van der Waals surface area contributed by atoms with Crippen LogP contribution >= 0.6 is 0 Å². The highest BCUT2D eigenvalue weighted by Gasteiger charge is 2.49. The molecule has 45 heavy (non-hydrogen) atoms. The Morgan fingerprint density at radius 1 is 0.778 bits per heavy atom. The van der Waals surface area contributed by atoms with E-state index in [2.05, 4.69) is 0 Å². The predicted octanol–water partition coefficient (Wildman–Crippen LogP) is 0.148. The first kappa shape index (κ1) is 30.8. The second-order valence-electron chi connectivity index (χ2n) is 9.85. The maximum absolute atomic E-state index is 13.7. The molecule has 0 saturated carbocycles. The third-order valence-electron chi connectivity index (χ3n) is 6.86. The fraction of sp³-hybridized carbons (Fsp3) is 0.214. The van der Waals surface area contributed by atoms with E-state index in [0.29, 0.717) is 12.1 Å². The molecule has 17 heteroatoms. The molecule has 238 valence electrons. The number of aromatic hydroxyl groups is 8. The number of hydrogen-bond donors (Lipinski definition) is 11. The first-order valence-electron chi connectivity index (χ1n) is 12.7. The van der Waals surface area contributed by atoms with Crippen LogP contribution in [0.1, 0.15) is 10.4 Å². The van der Waals surface area contributed by atoms with Gasteiger partial charge in [0.1, 0.15) is 40.8 Å². The van der Waals surface area contributed by atoms with Gasteiger partial charge < -0.3 is 74.8 Å². The predicted molar refractivity (Wildman–Crippen MR) is 145 cm³/mol. The molecule has 1 unspecified atom stereocenters. The van der Waals surface area contributed by atoms with Gasteiger partial charge in [0.15, 0.2) is 46.4 Å². The molecule has 4 aromatic rings. The topological polar surface area (TPSA) is 298 Å². The van der Waals surface area contributed by atoms with Gasteiger partial charge in [-0.1, -0.05) is 0 Å². The average Bonchev–Trinajstić information content (AvgIpc) is 2.98. The third-order valence-corrected chi connectivity index (χ3v) is 6.86. The van der Waals surface area contributed by atoms with Gasteiger partial charge in [-0.25, -0.2) is 4.79 Å². The fourth-order valence-corrected chi connectivity index (χ4v) is 4.61. The SMILES string of the molecule is O=C(O[C@H]1C(Oc2c(-c3cc(O)c(O)c(O)c3)oc3cc(O)cc(O)c3c2=O)O[C@H](CO)[C@@H](O)[C@@H]1O)c1cc(O)c(O)c(O)c1. The Morgan fingerprint density at radius 2 is 1.36 bits per heavy atom. The number of phenols is 8. The normalized spacial score (nSPS) is 21.4. The van der Waals surface area contributed by atoms with Crippen LogP contribution in [0.25, 0.3) is 22.3 Å². The summed E-state index contributed by atoms with van der Waals surface area (Å²) in [6.45, 7) is -0.919. The number of phenolic OH excluding ortho intramolecular Hbond substituents is 8. The van der Waals surface area contributed by atoms with E-state index in [1.54, 1.807) is 0 Å². The summed E-state index contributed by atoms with van der Waals surface area (Å²) < 4.78 is 22.1. The lowest BCUT2D eigenvalue weighted by Crippen LogP contribution is -2.61. The summed E-state index contributed by atoms with van der Waals surface area (Å²) in [6, 6.07) is 4.82. The molecule has 0 amide bonds. The van der Waals surface area contributed by atoms with Gasteiger partial charge in [0.25, 0.3) is 0 Å². The maximum atomic E-state index is 13.7. The maximum Gasteiger partial charge on any atom is 0.339 e. The van der Waals surface area contributed by atoms with E-state index in [0.717, 1.165) is 24.3 Å². The van der Waals surface area contributed by atoms with Crippen LogP contribution in [-0.4, -0.2) is 99.5 Å². The van der Waals surface area contributed by atoms with Gasteiger partial charge in [0, 0.05) is 17.7 Å². The van der Waals surface area contributed by atoms with Crippen molar-refractivity contribution < 1.29 is 79.6 Å². The molecule has 1 aliphatic rings. The molecule has 1 saturated heterocycles. The molecule has 1 aliphatic heterocycles. The van der Waals surface area contributed by atoms with Crippen LogP contribution in [0.5, 0.6) is 51.7 Å². The summed E-state index contributed by atoms with van der Waals surface area (Å²) in [5.74, 6) is -9.65. The lowest BCUT2D eigenvalue weighted by Gasteiger charge is -2.41. The Morgan fingerprint density at radius 3 is 1.93 bits per heavy atom. The molecule has 0 aliphatic carbocycles. The Kier molecular flexibility index (Phi) is 7.86. The van der Waals surface area contributed by atoms with E-state index in [9.17, 15) is 65.8 Å². The molecule has 11 N–H and O–H groups in total. The average molecular weight is 632 g/mol. The van der Waals surface area contributed by atoms with Crippen LogP contribution in [0, 0.1) is 0 Å². The van der Waals surface area contributed by atoms with Crippen molar-refractivity contribution in [3.8, 4) is 63.1 Å². The number of rotatable bonds is 6. The standard InChI is InChI=1S/C28H24O17/c29-7-17-21(38)23(40)26(44-27(41)9-3-14(34)20(37)15(35)4-9)28(43-17)45-25-22(39)18-11(31)5-10(30)6-16(18)42-24(25)8-1-12(32)19(36)13(33)2-8/h1-6,17,21,23,26,28-38,40H,7H2/t17-,21-,23+,26-,28?/m1/s1. The lowest BCUT2D eigenvalue weighted by atomic mass is 9.99. The highest BCUT2D eigenvalue weighted by atomic mass is 16.7. The van der Waals surface area contributed by atoms with Gasteiger partial charge in [-0.2, -0.15) is 0 Å². The minimum absolute atomic E-state index is 0.321. The van der Waals surface area contributed by atoms with Gasteiger partial charge in [-0.05, 0) is 24.3 Å². The zero-order valence-corrected chi connectivity index (χ0v) is 22.4. The summed E-state index contributed by atoms with van der Waals surface area (Å²) in [5, 5.41) is 110. The van der Waals surface area contributed by atoms with E-state index in [4.69, 9.17) is 18.6 Å². The Hall–Kier alpha value is -5.62. The smallest absolute Gasteiger partial charge is 0.339 e. The molecule has 1 aromatic heterocycles. The number of benzene rings is 3. The Labute approximate surface area is 249 Å². The van der Waals surface area contributed by atoms with Crippen LogP contribution in [0.4, 0.5) is 0 Å². The van der Waals surface area contributed by atoms with Crippen molar-refractivity contribution in [3.05, 3.63) is 52.2 Å². The Balaban J connectivity index is 1.65. The highest BCUT2D eigenvalue weighted by molar-refractivity contribution is 5.91. The van der Waals surface area contributed by atoms with Gasteiger partial charge in [-0.15, -0.1) is 0 Å². The number of aliphatic hydroxyl groups excluding tert-OH is 3. The number of aliphatic hydroxyl groups is 3. The number of fused-ring (bicyclic) bond motifs is 1. The molecular formula is C28H24O17. The number of carbonyl (C=O) groups is 1. The highest BCUT2D eigenvalue weighted by Crippen LogP contribution is 2.43. The summed E-state index contributed by atoms with van der Waals surface area (Å²) in [4.78, 5) is 26.7. The molecule has 0 spiro atoms. The van der Waals surface area contributed by atoms with Crippen molar-refractivity contribution in [3.63, 3.8) is 0 Å². The monoisotopic (exact) mass is 632 g/mol. The van der Waals surface area contributed by atoms with Crippen LogP contribution in [-0.2, 0) is 9.47 Å². The van der Waals surface area contributed by atoms with E-state index < -0.39 is 123 Å². The molecule has 3 aromatic carbocycles. The van der Waals surface area contributed by atoms with Gasteiger partial charge in [0.2, 0.25) is 17.5 Å². The minimum Gasteiger partial charge on any atom is -0.508 e. The summed E-state index contributed by atoms with van der Waals surface area (Å²) in [7, 11) is 0. The zero-order valence-electron chi connectivity index (χ0n) is 22.4. The first-order valence-corrected chi connectivity index (χ1v) is 12.7. The second kappa shape index (κ2) is 11.5. The van der Waals surface area contributed by atoms with Crippen LogP contribution in [0.2, 0.25) is 0 Å². The zero-order chi connectivity index (χ0) is 32.9. The molecule has 5 rings (SSSR count). The van der Waals surface area contributed by atoms with E-state index in [1.807, 2.05) is 0 Å². The first-order chi connectivity index (χ1) is 21.2. The van der Waals surface area contributed by atoms with Crippen molar-refractivity contribution in [2.75, 3.05) is 6.61 Å². The number of ether oxygens (including phenoxy) is 3. The van der Waals surface area contributed by atoms with Crippen molar-refractivity contribution in [2.45, 2.75) is 30.7 Å². The van der Waals surface area contributed by atoms with Gasteiger partial charge in [-0.3, -0.25) is 4.79 Å². The quantitative estimate of drug-likeness (QED) is 0.0995. The molecule has 2 heterocycles. The fourth-order valence-electron chi connectivity index (χ4n) is 4.61. The largest absolute Gasteiger partial charge is 0.508 e. The van der Waals surface area contributed by atoms with Crippen LogP contribution < -0.4 is 10.2 Å². The molecule has 0 radical (unpaired) electrons. The molecule has 5 atom stereocenters. The van der Waals surface area contributed by atoms with Crippen molar-refractivity contribution >= 4 is 16.9 Å². The molecule has 0 bridgehead atoms. The molecular weight excluding hydrogens is 608 g/mol. The summed E-state index contributed by atoms with van der Waals surface area (Å²) in [5.41, 5.74) is -2.47. The van der Waals surface area contributed by atoms with E-state index in [1.165, 1.54) is 0 Å². The molecule has 17 nitrogen and oxygen atoms in total. The van der Waals surface area contributed by atoms with E-state index in [-0.39, 0.29) is 5.56 Å². The lowest BCUT2D eigenvalue weighted by molar-refractivity contribution is -0.276. The van der Waals surface area contributed by atoms with Gasteiger partial charge >= 0.3 is 5.97 Å². The van der Waals surface area contributed by atoms with Crippen molar-refractivity contribution in [2.24, 2.45) is 0 Å². The number of carbonyl (C=O) groups excluding carboxylic acids is 1. The minimum atomic E-state index is -2.08. The number of hydrogen-bond acceptors (Lipinski definition) is 17. The van der Waals surface area contributed by atoms with Crippen molar-refractivity contribution in [1.29, 1.82) is 0 Å².